The predicted molar refractivity (Wildman–Crippen MR) is 153 cm³/mol. The van der Waals surface area contributed by atoms with Gasteiger partial charge in [-0.2, -0.15) is 13.4 Å². The molecule has 0 radical (unpaired) electrons. The first-order chi connectivity index (χ1) is 17.8. The van der Waals surface area contributed by atoms with E-state index in [4.69, 9.17) is 8.92 Å². The molecule has 2 aromatic carbocycles. The molecule has 1 saturated heterocycles. The van der Waals surface area contributed by atoms with E-state index in [1.165, 1.54) is 0 Å². The van der Waals surface area contributed by atoms with Crippen LogP contribution in [0.25, 0.3) is 10.9 Å². The van der Waals surface area contributed by atoms with E-state index in [0.717, 1.165) is 22.4 Å². The molecule has 1 fully saturated rings. The quantitative estimate of drug-likeness (QED) is 0.309. The number of rotatable bonds is 7. The molecule has 0 spiro atoms. The number of aromatic nitrogens is 2. The molecule has 0 bridgehead atoms. The Morgan fingerprint density at radius 1 is 0.921 bits per heavy atom. The highest BCUT2D eigenvalue weighted by Gasteiger charge is 2.31. The van der Waals surface area contributed by atoms with Crippen LogP contribution in [0.15, 0.2) is 35.2 Å². The lowest BCUT2D eigenvalue weighted by atomic mass is 9.89. The lowest BCUT2D eigenvalue weighted by molar-refractivity contribution is -0.00514. The highest BCUT2D eigenvalue weighted by Crippen LogP contribution is 2.39. The fourth-order valence-electron chi connectivity index (χ4n) is 5.27. The van der Waals surface area contributed by atoms with Crippen LogP contribution in [0.1, 0.15) is 95.7 Å². The Bertz CT molecular complexity index is 1390. The van der Waals surface area contributed by atoms with Crippen molar-refractivity contribution in [1.82, 2.24) is 9.97 Å². The molecule has 1 aromatic heterocycles. The van der Waals surface area contributed by atoms with Gasteiger partial charge >= 0.3 is 10.1 Å². The first kappa shape index (κ1) is 28.3. The third-order valence-corrected chi connectivity index (χ3v) is 8.41. The summed E-state index contributed by atoms with van der Waals surface area (Å²) in [6.45, 7) is 19.5. The maximum atomic E-state index is 14.2. The van der Waals surface area contributed by atoms with Gasteiger partial charge in [-0.25, -0.2) is 4.98 Å². The smallest absolute Gasteiger partial charge is 0.341 e. The van der Waals surface area contributed by atoms with Crippen molar-refractivity contribution in [3.8, 4) is 5.88 Å². The van der Waals surface area contributed by atoms with E-state index in [1.54, 1.807) is 6.92 Å². The van der Waals surface area contributed by atoms with Crippen molar-refractivity contribution < 1.29 is 17.3 Å². The molecule has 7 nitrogen and oxygen atoms in total. The van der Waals surface area contributed by atoms with E-state index in [0.29, 0.717) is 29.8 Å². The number of anilines is 1. The Kier molecular flexibility index (Phi) is 8.05. The lowest BCUT2D eigenvalue weighted by Crippen LogP contribution is -2.45. The summed E-state index contributed by atoms with van der Waals surface area (Å²) in [7, 11) is -4.22. The zero-order valence-corrected chi connectivity index (χ0v) is 24.9. The minimum absolute atomic E-state index is 0.00431. The lowest BCUT2D eigenvalue weighted by Gasteiger charge is -2.37. The van der Waals surface area contributed by atoms with Crippen LogP contribution in [0, 0.1) is 6.92 Å². The highest BCUT2D eigenvalue weighted by atomic mass is 32.2. The van der Waals surface area contributed by atoms with Gasteiger partial charge in [0.1, 0.15) is 10.7 Å². The van der Waals surface area contributed by atoms with Crippen molar-refractivity contribution in [1.29, 1.82) is 0 Å². The summed E-state index contributed by atoms with van der Waals surface area (Å²) in [5.41, 5.74) is 4.16. The van der Waals surface area contributed by atoms with Gasteiger partial charge in [0.25, 0.3) is 0 Å². The van der Waals surface area contributed by atoms with Gasteiger partial charge in [-0.05, 0) is 67.3 Å². The summed E-state index contributed by atoms with van der Waals surface area (Å²) in [5.74, 6) is 0.779. The van der Waals surface area contributed by atoms with Gasteiger partial charge < -0.3 is 13.8 Å². The Morgan fingerprint density at radius 2 is 1.50 bits per heavy atom. The van der Waals surface area contributed by atoms with Crippen LogP contribution >= 0.6 is 0 Å². The van der Waals surface area contributed by atoms with E-state index in [-0.39, 0.29) is 40.7 Å². The summed E-state index contributed by atoms with van der Waals surface area (Å²) in [4.78, 5) is 11.6. The topological polar surface area (TPSA) is 81.6 Å². The van der Waals surface area contributed by atoms with Gasteiger partial charge in [-0.15, -0.1) is 0 Å². The number of hydrogen-bond acceptors (Lipinski definition) is 7. The van der Waals surface area contributed by atoms with Crippen molar-refractivity contribution in [2.45, 2.75) is 97.2 Å². The molecule has 2 heterocycles. The fourth-order valence-corrected chi connectivity index (χ4v) is 6.84. The van der Waals surface area contributed by atoms with Crippen LogP contribution in [0.3, 0.4) is 0 Å². The molecule has 0 N–H and O–H groups in total. The van der Waals surface area contributed by atoms with Crippen molar-refractivity contribution in [3.63, 3.8) is 0 Å². The average Bonchev–Trinajstić information content (AvgIpc) is 2.81. The van der Waals surface area contributed by atoms with Gasteiger partial charge in [0.05, 0.1) is 28.8 Å². The molecule has 0 amide bonds. The van der Waals surface area contributed by atoms with E-state index in [9.17, 15) is 8.42 Å². The minimum Gasteiger partial charge on any atom is -0.372 e. The Morgan fingerprint density at radius 3 is 2.03 bits per heavy atom. The average molecular weight is 540 g/mol. The minimum atomic E-state index is -4.22. The molecule has 206 valence electrons. The third kappa shape index (κ3) is 5.66. The fraction of sp³-hybridized carbons (Fsp3) is 0.533. The maximum Gasteiger partial charge on any atom is 0.341 e. The van der Waals surface area contributed by atoms with Crippen LogP contribution in [-0.4, -0.2) is 43.7 Å². The van der Waals surface area contributed by atoms with E-state index in [2.05, 4.69) is 28.7 Å². The Balaban J connectivity index is 1.91. The highest BCUT2D eigenvalue weighted by molar-refractivity contribution is 7.87. The summed E-state index contributed by atoms with van der Waals surface area (Å²) in [5, 5.41) is 0.596. The van der Waals surface area contributed by atoms with Crippen molar-refractivity contribution in [2.75, 3.05) is 18.0 Å². The molecule has 0 unspecified atom stereocenters. The monoisotopic (exact) mass is 539 g/mol. The van der Waals surface area contributed by atoms with Crippen molar-refractivity contribution >= 4 is 26.7 Å². The second-order valence-corrected chi connectivity index (χ2v) is 12.9. The summed E-state index contributed by atoms with van der Waals surface area (Å²) in [6, 6.07) is 9.82. The molecule has 1 aliphatic heterocycles. The molecule has 8 heteroatoms. The molecule has 0 saturated carbocycles. The van der Waals surface area contributed by atoms with E-state index in [1.807, 2.05) is 71.9 Å². The van der Waals surface area contributed by atoms with E-state index >= 15 is 0 Å². The van der Waals surface area contributed by atoms with Crippen molar-refractivity contribution in [3.05, 3.63) is 52.8 Å². The molecule has 3 aromatic rings. The van der Waals surface area contributed by atoms with Crippen LogP contribution in [0.5, 0.6) is 5.88 Å². The molecular weight excluding hydrogens is 498 g/mol. The second-order valence-electron chi connectivity index (χ2n) is 11.4. The first-order valence-corrected chi connectivity index (χ1v) is 15.0. The van der Waals surface area contributed by atoms with E-state index < -0.39 is 10.1 Å². The number of morpholine rings is 1. The summed E-state index contributed by atoms with van der Waals surface area (Å²) in [6.07, 6.45) is 0.0743. The Labute approximate surface area is 227 Å². The Hall–Kier alpha value is -2.71. The number of nitrogens with zero attached hydrogens (tertiary/aromatic N) is 3. The number of fused-ring (bicyclic) bond motifs is 1. The molecule has 38 heavy (non-hydrogen) atoms. The summed E-state index contributed by atoms with van der Waals surface area (Å²) < 4.78 is 40.3. The van der Waals surface area contributed by atoms with Gasteiger partial charge in [-0.1, -0.05) is 59.7 Å². The normalized spacial score (nSPS) is 18.7. The van der Waals surface area contributed by atoms with Crippen molar-refractivity contribution in [2.24, 2.45) is 0 Å². The molecule has 1 aliphatic rings. The SMILES string of the molecule is Cc1nc(OS(=O)(=O)c2c(C(C)C)cc(C(C)C)cc2C(C)C)c2c(N3C[C@@H](C)O[C@@H](C)C3)cccc2n1. The molecule has 4 rings (SSSR count). The molecule has 0 aliphatic carbocycles. The zero-order valence-electron chi connectivity index (χ0n) is 24.1. The van der Waals surface area contributed by atoms with Crippen LogP contribution in [0.4, 0.5) is 5.69 Å². The van der Waals surface area contributed by atoms with Gasteiger partial charge in [-0.3, -0.25) is 0 Å². The summed E-state index contributed by atoms with van der Waals surface area (Å²) >= 11 is 0. The van der Waals surface area contributed by atoms with Crippen LogP contribution in [0.2, 0.25) is 0 Å². The number of aryl methyl sites for hydroxylation is 1. The van der Waals surface area contributed by atoms with Gasteiger partial charge in [0.2, 0.25) is 5.88 Å². The van der Waals surface area contributed by atoms with Crippen LogP contribution in [-0.2, 0) is 14.9 Å². The maximum absolute atomic E-state index is 14.2. The number of benzene rings is 2. The second kappa shape index (κ2) is 10.8. The van der Waals surface area contributed by atoms with Crippen LogP contribution < -0.4 is 9.08 Å². The molecular formula is C30H41N3O4S. The van der Waals surface area contributed by atoms with Gasteiger partial charge in [0, 0.05) is 13.1 Å². The largest absolute Gasteiger partial charge is 0.372 e. The third-order valence-electron chi connectivity index (χ3n) is 7.06. The predicted octanol–water partition coefficient (Wildman–Crippen LogP) is 6.69. The first-order valence-electron chi connectivity index (χ1n) is 13.6. The number of hydrogen-bond donors (Lipinski definition) is 0. The number of ether oxygens (including phenoxy) is 1. The zero-order chi connectivity index (χ0) is 27.9. The van der Waals surface area contributed by atoms with Gasteiger partial charge in [0.15, 0.2) is 0 Å². The molecule has 2 atom stereocenters. The standard InChI is InChI=1S/C30H41N3O4S/c1-17(2)23-13-24(18(3)4)29(25(14-23)19(5)6)38(34,35)37-30-28-26(31-22(9)32-30)11-10-12-27(28)33-15-20(7)36-21(8)16-33/h10-14,17-21H,15-16H2,1-9H3/t20-,21+.